The van der Waals surface area contributed by atoms with E-state index in [0.29, 0.717) is 12.3 Å². The summed E-state index contributed by atoms with van der Waals surface area (Å²) in [6.45, 7) is -0.0696. The summed E-state index contributed by atoms with van der Waals surface area (Å²) in [5.41, 5.74) is 4.41. The molecule has 0 saturated heterocycles. The summed E-state index contributed by atoms with van der Waals surface area (Å²) in [4.78, 5) is 51.1. The molecule has 0 bridgehead atoms. The van der Waals surface area contributed by atoms with Crippen molar-refractivity contribution >= 4 is 23.6 Å². The van der Waals surface area contributed by atoms with Crippen molar-refractivity contribution in [3.63, 3.8) is 0 Å². The number of nitrogens with one attached hydrogen (secondary N) is 1. The second-order valence-electron chi connectivity index (χ2n) is 9.84. The van der Waals surface area contributed by atoms with Gasteiger partial charge in [0.1, 0.15) is 30.5 Å². The summed E-state index contributed by atoms with van der Waals surface area (Å²) in [7, 11) is 0. The molecule has 5 rings (SSSR count). The standard InChI is InChI=1S/C30H29N5O5/c36-18-27(37)26(17-33-39)34-30(38)25-16-32-35-28(22-9-5-2-6-10-22)24(15-31-29(25)35)21-11-13-23(14-12-21)40-19-20-7-3-1-4-8-20/h1,3-4,7-8,11-16,18,22,26H,2,5-6,9-10,17,19H2,(H,34,38)/t26-/m0/s1. The van der Waals surface area contributed by atoms with Gasteiger partial charge in [0, 0.05) is 17.7 Å². The summed E-state index contributed by atoms with van der Waals surface area (Å²) in [5.74, 6) is -0.613. The third-order valence-corrected chi connectivity index (χ3v) is 7.24. The van der Waals surface area contributed by atoms with Crippen LogP contribution in [-0.4, -0.2) is 45.2 Å². The van der Waals surface area contributed by atoms with Gasteiger partial charge in [-0.25, -0.2) is 9.50 Å². The minimum atomic E-state index is -1.34. The van der Waals surface area contributed by atoms with Crippen molar-refractivity contribution in [1.29, 1.82) is 0 Å². The van der Waals surface area contributed by atoms with Crippen molar-refractivity contribution in [1.82, 2.24) is 19.9 Å². The molecule has 2 aromatic heterocycles. The van der Waals surface area contributed by atoms with Crippen molar-refractivity contribution in [2.75, 3.05) is 6.54 Å². The zero-order valence-electron chi connectivity index (χ0n) is 21.9. The van der Waals surface area contributed by atoms with Crippen LogP contribution in [0.15, 0.2) is 72.2 Å². The number of ketones is 1. The van der Waals surface area contributed by atoms with Crippen LogP contribution in [0.4, 0.5) is 0 Å². The van der Waals surface area contributed by atoms with Gasteiger partial charge >= 0.3 is 0 Å². The summed E-state index contributed by atoms with van der Waals surface area (Å²) >= 11 is 0. The van der Waals surface area contributed by atoms with Gasteiger partial charge in [-0.3, -0.25) is 14.4 Å². The summed E-state index contributed by atoms with van der Waals surface area (Å²) in [6, 6.07) is 16.5. The fourth-order valence-electron chi connectivity index (χ4n) is 5.17. The van der Waals surface area contributed by atoms with Crippen molar-refractivity contribution in [3.8, 4) is 16.9 Å². The number of nitrogens with zero attached hydrogens (tertiary/aromatic N) is 4. The lowest BCUT2D eigenvalue weighted by Gasteiger charge is -2.25. The smallest absolute Gasteiger partial charge is 0.257 e. The van der Waals surface area contributed by atoms with E-state index in [9.17, 15) is 19.3 Å². The van der Waals surface area contributed by atoms with Gasteiger partial charge in [0.2, 0.25) is 5.78 Å². The van der Waals surface area contributed by atoms with E-state index in [1.807, 2.05) is 54.6 Å². The number of Topliss-reactive ketones (excluding diaryl/α,β-unsaturated/α-hetero) is 1. The molecule has 0 aliphatic heterocycles. The Balaban J connectivity index is 1.46. The fourth-order valence-corrected chi connectivity index (χ4v) is 5.17. The summed E-state index contributed by atoms with van der Waals surface area (Å²) in [6.07, 6.45) is 8.57. The Labute approximate surface area is 230 Å². The van der Waals surface area contributed by atoms with E-state index in [-0.39, 0.29) is 17.8 Å². The Hall–Kier alpha value is -4.73. The van der Waals surface area contributed by atoms with Gasteiger partial charge in [-0.2, -0.15) is 10.0 Å². The second-order valence-corrected chi connectivity index (χ2v) is 9.84. The fraction of sp³-hybridized carbons (Fsp3) is 0.300. The molecule has 1 saturated carbocycles. The number of aromatic nitrogens is 3. The van der Waals surface area contributed by atoms with Crippen molar-refractivity contribution in [2.24, 2.45) is 5.18 Å². The Morgan fingerprint density at radius 1 is 1.05 bits per heavy atom. The first kappa shape index (κ1) is 26.9. The van der Waals surface area contributed by atoms with Crippen LogP contribution >= 0.6 is 0 Å². The highest BCUT2D eigenvalue weighted by Crippen LogP contribution is 2.38. The van der Waals surface area contributed by atoms with E-state index < -0.39 is 24.3 Å². The molecule has 0 unspecified atom stereocenters. The number of rotatable bonds is 11. The topological polar surface area (TPSA) is 132 Å². The lowest BCUT2D eigenvalue weighted by Crippen LogP contribution is -2.43. The minimum absolute atomic E-state index is 0.0654. The predicted molar refractivity (Wildman–Crippen MR) is 148 cm³/mol. The number of nitroso groups, excluding NO2 is 1. The van der Waals surface area contributed by atoms with Gasteiger partial charge in [0.25, 0.3) is 5.91 Å². The van der Waals surface area contributed by atoms with E-state index >= 15 is 0 Å². The maximum Gasteiger partial charge on any atom is 0.257 e. The van der Waals surface area contributed by atoms with Gasteiger partial charge in [-0.05, 0) is 36.1 Å². The number of hydrogen-bond donors (Lipinski definition) is 1. The molecule has 0 radical (unpaired) electrons. The van der Waals surface area contributed by atoms with Crippen LogP contribution in [0.5, 0.6) is 5.75 Å². The van der Waals surface area contributed by atoms with Crippen LogP contribution in [0.1, 0.15) is 59.6 Å². The highest BCUT2D eigenvalue weighted by molar-refractivity contribution is 6.28. The van der Waals surface area contributed by atoms with Crippen LogP contribution in [-0.2, 0) is 16.2 Å². The first-order valence-corrected chi connectivity index (χ1v) is 13.3. The van der Waals surface area contributed by atoms with E-state index in [2.05, 4.69) is 20.6 Å². The van der Waals surface area contributed by atoms with Gasteiger partial charge < -0.3 is 10.1 Å². The maximum absolute atomic E-state index is 13.0. The average molecular weight is 540 g/mol. The highest BCUT2D eigenvalue weighted by Gasteiger charge is 2.27. The van der Waals surface area contributed by atoms with Crippen molar-refractivity contribution in [3.05, 3.63) is 88.7 Å². The second kappa shape index (κ2) is 12.4. The number of amides is 1. The Kier molecular flexibility index (Phi) is 8.34. The largest absolute Gasteiger partial charge is 0.489 e. The SMILES string of the molecule is O=CC(=O)[C@H](CN=O)NC(=O)c1cnn2c(C3CCCCC3)c(-c3ccc(OCc4ccccc4)cc3)cnc12. The molecule has 0 spiro atoms. The average Bonchev–Trinajstić information content (AvgIpc) is 3.44. The Bertz CT molecular complexity index is 1510. The zero-order chi connectivity index (χ0) is 27.9. The molecule has 1 N–H and O–H groups in total. The number of hydrogen-bond acceptors (Lipinski definition) is 8. The molecule has 10 nitrogen and oxygen atoms in total. The first-order chi connectivity index (χ1) is 19.6. The van der Waals surface area contributed by atoms with Crippen molar-refractivity contribution < 1.29 is 19.1 Å². The van der Waals surface area contributed by atoms with E-state index in [1.165, 1.54) is 12.6 Å². The lowest BCUT2D eigenvalue weighted by atomic mass is 9.84. The zero-order valence-corrected chi connectivity index (χ0v) is 21.9. The van der Waals surface area contributed by atoms with Gasteiger partial charge in [-0.15, -0.1) is 0 Å². The van der Waals surface area contributed by atoms with E-state index in [1.54, 1.807) is 10.7 Å². The molecule has 1 atom stereocenters. The molecule has 1 aliphatic carbocycles. The number of benzene rings is 2. The molecule has 1 amide bonds. The molecule has 10 heteroatoms. The van der Waals surface area contributed by atoms with Gasteiger partial charge in [0.15, 0.2) is 11.9 Å². The Morgan fingerprint density at radius 3 is 2.50 bits per heavy atom. The summed E-state index contributed by atoms with van der Waals surface area (Å²) < 4.78 is 7.66. The predicted octanol–water partition coefficient (Wildman–Crippen LogP) is 4.66. The molecular formula is C30H29N5O5. The molecule has 4 aromatic rings. The van der Waals surface area contributed by atoms with E-state index in [0.717, 1.165) is 53.8 Å². The maximum atomic E-state index is 13.0. The minimum Gasteiger partial charge on any atom is -0.489 e. The third-order valence-electron chi connectivity index (χ3n) is 7.24. The molecule has 2 aromatic carbocycles. The highest BCUT2D eigenvalue weighted by atomic mass is 16.5. The van der Waals surface area contributed by atoms with Crippen LogP contribution < -0.4 is 10.1 Å². The monoisotopic (exact) mass is 539 g/mol. The molecule has 40 heavy (non-hydrogen) atoms. The molecule has 2 heterocycles. The molecular weight excluding hydrogens is 510 g/mol. The van der Waals surface area contributed by atoms with Crippen LogP contribution in [0.25, 0.3) is 16.8 Å². The number of carbonyl (C=O) groups is 3. The number of aldehydes is 1. The van der Waals surface area contributed by atoms with Gasteiger partial charge in [-0.1, -0.05) is 66.9 Å². The van der Waals surface area contributed by atoms with Gasteiger partial charge in [0.05, 0.1) is 11.9 Å². The number of ether oxygens (including phenoxy) is 1. The number of carbonyl (C=O) groups excluding carboxylic acids is 3. The third kappa shape index (κ3) is 5.80. The molecule has 1 fully saturated rings. The van der Waals surface area contributed by atoms with Crippen LogP contribution in [0.3, 0.4) is 0 Å². The molecule has 1 aliphatic rings. The Morgan fingerprint density at radius 2 is 1.80 bits per heavy atom. The van der Waals surface area contributed by atoms with Crippen LogP contribution in [0, 0.1) is 4.91 Å². The quantitative estimate of drug-likeness (QED) is 0.167. The van der Waals surface area contributed by atoms with Crippen molar-refractivity contribution in [2.45, 2.75) is 50.7 Å². The summed E-state index contributed by atoms with van der Waals surface area (Å²) in [5, 5.41) is 9.61. The molecule has 204 valence electrons. The first-order valence-electron chi connectivity index (χ1n) is 13.3. The van der Waals surface area contributed by atoms with E-state index in [4.69, 9.17) is 4.74 Å². The number of fused-ring (bicyclic) bond motifs is 1. The van der Waals surface area contributed by atoms with Crippen LogP contribution in [0.2, 0.25) is 0 Å². The lowest BCUT2D eigenvalue weighted by molar-refractivity contribution is -0.130. The normalized spacial score (nSPS) is 14.4.